The van der Waals surface area contributed by atoms with Crippen LogP contribution >= 0.6 is 0 Å². The van der Waals surface area contributed by atoms with Gasteiger partial charge in [0.05, 0.1) is 11.9 Å². The lowest BCUT2D eigenvalue weighted by Gasteiger charge is -2.18. The molecule has 88 valence electrons. The first-order valence-electron chi connectivity index (χ1n) is 5.49. The third kappa shape index (κ3) is 2.72. The number of hydrogen-bond acceptors (Lipinski definition) is 4. The fraction of sp³-hybridized carbons (Fsp3) is 0.231. The van der Waals surface area contributed by atoms with E-state index in [0.29, 0.717) is 0 Å². The summed E-state index contributed by atoms with van der Waals surface area (Å²) in [7, 11) is 2.01. The molecule has 2 aromatic heterocycles. The van der Waals surface area contributed by atoms with E-state index in [4.69, 9.17) is 5.73 Å². The van der Waals surface area contributed by atoms with Crippen LogP contribution in [0.1, 0.15) is 11.1 Å². The van der Waals surface area contributed by atoms with Gasteiger partial charge in [-0.15, -0.1) is 0 Å². The lowest BCUT2D eigenvalue weighted by molar-refractivity contribution is 0.894. The number of rotatable bonds is 3. The summed E-state index contributed by atoms with van der Waals surface area (Å²) >= 11 is 0. The van der Waals surface area contributed by atoms with Gasteiger partial charge in [0.25, 0.3) is 0 Å². The van der Waals surface area contributed by atoms with Gasteiger partial charge in [0.1, 0.15) is 5.82 Å². The van der Waals surface area contributed by atoms with Gasteiger partial charge < -0.3 is 10.6 Å². The molecule has 2 rings (SSSR count). The van der Waals surface area contributed by atoms with Crippen molar-refractivity contribution in [3.63, 3.8) is 0 Å². The summed E-state index contributed by atoms with van der Waals surface area (Å²) in [5, 5.41) is 0. The van der Waals surface area contributed by atoms with Crippen molar-refractivity contribution in [3.05, 3.63) is 47.9 Å². The Labute approximate surface area is 101 Å². The Balaban J connectivity index is 2.14. The number of nitrogens with zero attached hydrogens (tertiary/aromatic N) is 3. The molecule has 2 aromatic rings. The van der Waals surface area contributed by atoms with Crippen LogP contribution in [0.2, 0.25) is 0 Å². The number of anilines is 2. The molecule has 0 saturated heterocycles. The molecule has 4 heteroatoms. The summed E-state index contributed by atoms with van der Waals surface area (Å²) in [5.74, 6) is 0.925. The SMILES string of the molecule is Cc1cc(N(C)Cc2ccncc2)ncc1N. The van der Waals surface area contributed by atoms with Crippen molar-refractivity contribution in [1.82, 2.24) is 9.97 Å². The maximum atomic E-state index is 5.75. The smallest absolute Gasteiger partial charge is 0.128 e. The van der Waals surface area contributed by atoms with Crippen LogP contribution < -0.4 is 10.6 Å². The zero-order valence-corrected chi connectivity index (χ0v) is 10.1. The molecule has 2 N–H and O–H groups in total. The Morgan fingerprint density at radius 2 is 2.00 bits per heavy atom. The van der Waals surface area contributed by atoms with Gasteiger partial charge in [0.15, 0.2) is 0 Å². The second-order valence-electron chi connectivity index (χ2n) is 4.11. The van der Waals surface area contributed by atoms with E-state index < -0.39 is 0 Å². The maximum absolute atomic E-state index is 5.75. The van der Waals surface area contributed by atoms with E-state index in [1.54, 1.807) is 18.6 Å². The number of aryl methyl sites for hydroxylation is 1. The maximum Gasteiger partial charge on any atom is 0.128 e. The van der Waals surface area contributed by atoms with Crippen LogP contribution in [0.3, 0.4) is 0 Å². The number of nitrogen functional groups attached to an aromatic ring is 1. The Morgan fingerprint density at radius 3 is 2.65 bits per heavy atom. The first kappa shape index (κ1) is 11.4. The highest BCUT2D eigenvalue weighted by Gasteiger charge is 2.04. The van der Waals surface area contributed by atoms with Crippen molar-refractivity contribution in [3.8, 4) is 0 Å². The van der Waals surface area contributed by atoms with Crippen molar-refractivity contribution in [2.45, 2.75) is 13.5 Å². The molecule has 2 heterocycles. The minimum atomic E-state index is 0.728. The Kier molecular flexibility index (Phi) is 3.23. The summed E-state index contributed by atoms with van der Waals surface area (Å²) in [6.07, 6.45) is 5.30. The molecule has 4 nitrogen and oxygen atoms in total. The Bertz CT molecular complexity index is 496. The van der Waals surface area contributed by atoms with Gasteiger partial charge in [0.2, 0.25) is 0 Å². The van der Waals surface area contributed by atoms with Crippen molar-refractivity contribution >= 4 is 11.5 Å². The van der Waals surface area contributed by atoms with E-state index >= 15 is 0 Å². The van der Waals surface area contributed by atoms with Gasteiger partial charge in [-0.2, -0.15) is 0 Å². The zero-order chi connectivity index (χ0) is 12.3. The number of pyridine rings is 2. The van der Waals surface area contributed by atoms with Crippen LogP contribution in [0.5, 0.6) is 0 Å². The number of nitrogens with two attached hydrogens (primary N) is 1. The molecule has 0 aromatic carbocycles. The monoisotopic (exact) mass is 228 g/mol. The summed E-state index contributed by atoms with van der Waals surface area (Å²) in [4.78, 5) is 10.4. The molecule has 0 atom stereocenters. The van der Waals surface area contributed by atoms with Crippen LogP contribution in [-0.4, -0.2) is 17.0 Å². The van der Waals surface area contributed by atoms with E-state index in [1.165, 1.54) is 5.56 Å². The van der Waals surface area contributed by atoms with Crippen LogP contribution in [0.15, 0.2) is 36.8 Å². The van der Waals surface area contributed by atoms with Crippen molar-refractivity contribution < 1.29 is 0 Å². The van der Waals surface area contributed by atoms with E-state index in [2.05, 4.69) is 14.9 Å². The lowest BCUT2D eigenvalue weighted by atomic mass is 10.2. The predicted octanol–water partition coefficient (Wildman–Crippen LogP) is 2.00. The van der Waals surface area contributed by atoms with E-state index in [0.717, 1.165) is 23.6 Å². The molecular formula is C13H16N4. The highest BCUT2D eigenvalue weighted by Crippen LogP contribution is 2.17. The van der Waals surface area contributed by atoms with Crippen molar-refractivity contribution in [1.29, 1.82) is 0 Å². The van der Waals surface area contributed by atoms with Gasteiger partial charge in [0, 0.05) is 26.0 Å². The van der Waals surface area contributed by atoms with Crippen LogP contribution in [0.25, 0.3) is 0 Å². The molecule has 0 aliphatic carbocycles. The molecule has 0 bridgehead atoms. The summed E-state index contributed by atoms with van der Waals surface area (Å²) in [6.45, 7) is 2.79. The molecule has 0 radical (unpaired) electrons. The summed E-state index contributed by atoms with van der Waals surface area (Å²) in [6, 6.07) is 6.00. The fourth-order valence-corrected chi connectivity index (χ4v) is 1.60. The third-order valence-corrected chi connectivity index (χ3v) is 2.70. The van der Waals surface area contributed by atoms with Crippen LogP contribution in [0, 0.1) is 6.92 Å². The van der Waals surface area contributed by atoms with Crippen LogP contribution in [-0.2, 0) is 6.54 Å². The van der Waals surface area contributed by atoms with Crippen molar-refractivity contribution in [2.75, 3.05) is 17.7 Å². The van der Waals surface area contributed by atoms with Gasteiger partial charge in [-0.1, -0.05) is 0 Å². The summed E-state index contributed by atoms with van der Waals surface area (Å²) in [5.41, 5.74) is 8.74. The molecular weight excluding hydrogens is 212 g/mol. The third-order valence-electron chi connectivity index (χ3n) is 2.70. The highest BCUT2D eigenvalue weighted by molar-refractivity contribution is 5.51. The molecule has 0 saturated carbocycles. The molecule has 0 spiro atoms. The lowest BCUT2D eigenvalue weighted by Crippen LogP contribution is -2.17. The summed E-state index contributed by atoms with van der Waals surface area (Å²) < 4.78 is 0. The van der Waals surface area contributed by atoms with Crippen molar-refractivity contribution in [2.24, 2.45) is 0 Å². The van der Waals surface area contributed by atoms with E-state index in [9.17, 15) is 0 Å². The predicted molar refractivity (Wildman–Crippen MR) is 69.7 cm³/mol. The molecule has 0 aliphatic rings. The molecule has 0 unspecified atom stereocenters. The normalized spacial score (nSPS) is 10.2. The number of aromatic nitrogens is 2. The Morgan fingerprint density at radius 1 is 1.29 bits per heavy atom. The topological polar surface area (TPSA) is 55.0 Å². The van der Waals surface area contributed by atoms with E-state index in [1.807, 2.05) is 32.2 Å². The van der Waals surface area contributed by atoms with E-state index in [-0.39, 0.29) is 0 Å². The first-order chi connectivity index (χ1) is 8.16. The largest absolute Gasteiger partial charge is 0.397 e. The minimum Gasteiger partial charge on any atom is -0.397 e. The zero-order valence-electron chi connectivity index (χ0n) is 10.1. The molecule has 17 heavy (non-hydrogen) atoms. The molecule has 0 amide bonds. The fourth-order valence-electron chi connectivity index (χ4n) is 1.60. The standard InChI is InChI=1S/C13H16N4/c1-10-7-13(16-8-12(10)14)17(2)9-11-3-5-15-6-4-11/h3-8H,9,14H2,1-2H3. The average Bonchev–Trinajstić information content (AvgIpc) is 2.34. The second-order valence-corrected chi connectivity index (χ2v) is 4.11. The average molecular weight is 228 g/mol. The number of hydrogen-bond donors (Lipinski definition) is 1. The van der Waals surface area contributed by atoms with Gasteiger partial charge in [-0.3, -0.25) is 4.98 Å². The van der Waals surface area contributed by atoms with Crippen LogP contribution in [0.4, 0.5) is 11.5 Å². The highest BCUT2D eigenvalue weighted by atomic mass is 15.2. The Hall–Kier alpha value is -2.10. The first-order valence-corrected chi connectivity index (χ1v) is 5.49. The van der Waals surface area contributed by atoms with Gasteiger partial charge in [-0.05, 0) is 36.2 Å². The minimum absolute atomic E-state index is 0.728. The second kappa shape index (κ2) is 4.82. The van der Waals surface area contributed by atoms with Gasteiger partial charge in [-0.25, -0.2) is 4.98 Å². The quantitative estimate of drug-likeness (QED) is 0.873. The molecule has 0 fully saturated rings. The van der Waals surface area contributed by atoms with Gasteiger partial charge >= 0.3 is 0 Å². The molecule has 0 aliphatic heterocycles.